The third-order valence-electron chi connectivity index (χ3n) is 3.74. The van der Waals surface area contributed by atoms with Crippen molar-refractivity contribution in [2.24, 2.45) is 5.92 Å². The molecule has 0 radical (unpaired) electrons. The Morgan fingerprint density at radius 3 is 2.90 bits per heavy atom. The number of allylic oxidation sites excluding steroid dienone is 1. The van der Waals surface area contributed by atoms with Crippen LogP contribution in [0.15, 0.2) is 24.3 Å². The van der Waals surface area contributed by atoms with Gasteiger partial charge in [-0.15, -0.1) is 11.3 Å². The number of aromatic nitrogens is 1. The average Bonchev–Trinajstić information content (AvgIpc) is 2.89. The summed E-state index contributed by atoms with van der Waals surface area (Å²) in [4.78, 5) is 5.98. The molecule has 1 heterocycles. The lowest BCUT2D eigenvalue weighted by molar-refractivity contribution is 0.475. The number of aromatic hydroxyl groups is 1. The second-order valence-electron chi connectivity index (χ2n) is 5.50. The SMILES string of the molecule is C[C@H]1CCc2nc(/C(C#N)=C/c3ccc(O)cc3)sc2C1. The quantitative estimate of drug-likeness (QED) is 0.851. The van der Waals surface area contributed by atoms with E-state index in [-0.39, 0.29) is 5.75 Å². The fourth-order valence-electron chi connectivity index (χ4n) is 2.53. The summed E-state index contributed by atoms with van der Waals surface area (Å²) in [5, 5.41) is 19.5. The van der Waals surface area contributed by atoms with E-state index in [1.165, 1.54) is 17.0 Å². The fourth-order valence-corrected chi connectivity index (χ4v) is 3.77. The van der Waals surface area contributed by atoms with Crippen molar-refractivity contribution in [3.63, 3.8) is 0 Å². The van der Waals surface area contributed by atoms with E-state index in [0.717, 1.165) is 23.4 Å². The van der Waals surface area contributed by atoms with Gasteiger partial charge < -0.3 is 5.11 Å². The third kappa shape index (κ3) is 2.98. The molecule has 1 aliphatic rings. The molecule has 0 fully saturated rings. The van der Waals surface area contributed by atoms with Crippen LogP contribution in [0.4, 0.5) is 0 Å². The highest BCUT2D eigenvalue weighted by molar-refractivity contribution is 7.13. The summed E-state index contributed by atoms with van der Waals surface area (Å²) in [7, 11) is 0. The van der Waals surface area contributed by atoms with Gasteiger partial charge in [0, 0.05) is 4.88 Å². The number of rotatable bonds is 2. The molecule has 1 aromatic heterocycles. The lowest BCUT2D eigenvalue weighted by Crippen LogP contribution is -2.09. The van der Waals surface area contributed by atoms with Crippen molar-refractivity contribution in [1.29, 1.82) is 5.26 Å². The average molecular weight is 296 g/mol. The number of hydrogen-bond acceptors (Lipinski definition) is 4. The molecule has 21 heavy (non-hydrogen) atoms. The van der Waals surface area contributed by atoms with Crippen molar-refractivity contribution in [2.45, 2.75) is 26.2 Å². The van der Waals surface area contributed by atoms with E-state index in [1.807, 2.05) is 6.08 Å². The maximum Gasteiger partial charge on any atom is 0.134 e. The summed E-state index contributed by atoms with van der Waals surface area (Å²) in [6, 6.07) is 9.08. The second kappa shape index (κ2) is 5.71. The number of thiazole rings is 1. The van der Waals surface area contributed by atoms with Crippen LogP contribution in [0.25, 0.3) is 11.6 Å². The Kier molecular flexibility index (Phi) is 3.76. The molecule has 3 nitrogen and oxygen atoms in total. The second-order valence-corrected chi connectivity index (χ2v) is 6.58. The zero-order valence-corrected chi connectivity index (χ0v) is 12.7. The molecule has 1 aliphatic carbocycles. The van der Waals surface area contributed by atoms with Crippen LogP contribution in [0.5, 0.6) is 5.75 Å². The van der Waals surface area contributed by atoms with E-state index in [9.17, 15) is 10.4 Å². The smallest absolute Gasteiger partial charge is 0.134 e. The normalized spacial score (nSPS) is 18.1. The number of hydrogen-bond donors (Lipinski definition) is 1. The van der Waals surface area contributed by atoms with E-state index < -0.39 is 0 Å². The van der Waals surface area contributed by atoms with Gasteiger partial charge in [0.15, 0.2) is 0 Å². The molecule has 0 saturated heterocycles. The maximum atomic E-state index is 9.41. The third-order valence-corrected chi connectivity index (χ3v) is 4.89. The fraction of sp³-hybridized carbons (Fsp3) is 0.294. The maximum absolute atomic E-state index is 9.41. The number of nitriles is 1. The predicted octanol–water partition coefficient (Wildman–Crippen LogP) is 4.04. The van der Waals surface area contributed by atoms with Crippen LogP contribution >= 0.6 is 11.3 Å². The largest absolute Gasteiger partial charge is 0.508 e. The van der Waals surface area contributed by atoms with E-state index in [4.69, 9.17) is 0 Å². The number of aryl methyl sites for hydroxylation is 1. The van der Waals surface area contributed by atoms with Gasteiger partial charge in [0.05, 0.1) is 11.3 Å². The number of fused-ring (bicyclic) bond motifs is 1. The van der Waals surface area contributed by atoms with Gasteiger partial charge in [-0.05, 0) is 49.0 Å². The summed E-state index contributed by atoms with van der Waals surface area (Å²) >= 11 is 1.64. The molecular formula is C17H16N2OS. The van der Waals surface area contributed by atoms with Crippen LogP contribution < -0.4 is 0 Å². The molecule has 3 rings (SSSR count). The number of phenols is 1. The Bertz CT molecular complexity index is 722. The highest BCUT2D eigenvalue weighted by Gasteiger charge is 2.20. The molecule has 0 spiro atoms. The molecule has 4 heteroatoms. The van der Waals surface area contributed by atoms with Crippen LogP contribution in [0.2, 0.25) is 0 Å². The van der Waals surface area contributed by atoms with Gasteiger partial charge in [-0.1, -0.05) is 19.1 Å². The standard InChI is InChI=1S/C17H16N2OS/c1-11-2-7-15-16(8-11)21-17(19-15)13(10-18)9-12-3-5-14(20)6-4-12/h3-6,9,11,20H,2,7-8H2,1H3/b13-9+/t11-/m0/s1. The first-order valence-electron chi connectivity index (χ1n) is 7.05. The molecule has 0 bridgehead atoms. The van der Waals surface area contributed by atoms with Crippen LogP contribution in [-0.2, 0) is 12.8 Å². The molecule has 1 aromatic carbocycles. The lowest BCUT2D eigenvalue weighted by Gasteiger charge is -2.15. The molecule has 0 amide bonds. The van der Waals surface area contributed by atoms with Crippen molar-refractivity contribution < 1.29 is 5.11 Å². The van der Waals surface area contributed by atoms with E-state index in [1.54, 1.807) is 35.6 Å². The highest BCUT2D eigenvalue weighted by Crippen LogP contribution is 2.33. The first-order chi connectivity index (χ1) is 10.2. The monoisotopic (exact) mass is 296 g/mol. The topological polar surface area (TPSA) is 56.9 Å². The Balaban J connectivity index is 1.94. The summed E-state index contributed by atoms with van der Waals surface area (Å²) in [6.07, 6.45) is 5.10. The van der Waals surface area contributed by atoms with Gasteiger partial charge >= 0.3 is 0 Å². The van der Waals surface area contributed by atoms with Crippen molar-refractivity contribution >= 4 is 23.0 Å². The van der Waals surface area contributed by atoms with Gasteiger partial charge in [0.25, 0.3) is 0 Å². The molecule has 106 valence electrons. The summed E-state index contributed by atoms with van der Waals surface area (Å²) in [6.45, 7) is 2.26. The van der Waals surface area contributed by atoms with E-state index >= 15 is 0 Å². The zero-order chi connectivity index (χ0) is 14.8. The molecule has 1 N–H and O–H groups in total. The molecule has 2 aromatic rings. The minimum Gasteiger partial charge on any atom is -0.508 e. The van der Waals surface area contributed by atoms with Gasteiger partial charge in [-0.3, -0.25) is 0 Å². The number of phenolic OH excluding ortho intramolecular Hbond substituents is 1. The van der Waals surface area contributed by atoms with Crippen molar-refractivity contribution in [3.8, 4) is 11.8 Å². The van der Waals surface area contributed by atoms with Crippen molar-refractivity contribution in [3.05, 3.63) is 45.4 Å². The minimum absolute atomic E-state index is 0.226. The van der Waals surface area contributed by atoms with Crippen LogP contribution in [0.3, 0.4) is 0 Å². The Morgan fingerprint density at radius 2 is 2.19 bits per heavy atom. The summed E-state index contributed by atoms with van der Waals surface area (Å²) in [5.74, 6) is 0.932. The Morgan fingerprint density at radius 1 is 1.43 bits per heavy atom. The number of nitrogens with zero attached hydrogens (tertiary/aromatic N) is 2. The highest BCUT2D eigenvalue weighted by atomic mass is 32.1. The first kappa shape index (κ1) is 13.8. The van der Waals surface area contributed by atoms with Gasteiger partial charge in [0.1, 0.15) is 16.8 Å². The summed E-state index contributed by atoms with van der Waals surface area (Å²) < 4.78 is 0. The Hall–Kier alpha value is -2.12. The predicted molar refractivity (Wildman–Crippen MR) is 84.9 cm³/mol. The van der Waals surface area contributed by atoms with Crippen LogP contribution in [0, 0.1) is 17.2 Å². The zero-order valence-electron chi connectivity index (χ0n) is 11.8. The molecular weight excluding hydrogens is 280 g/mol. The Labute approximate surface area is 128 Å². The van der Waals surface area contributed by atoms with Crippen LogP contribution in [-0.4, -0.2) is 10.1 Å². The van der Waals surface area contributed by atoms with Gasteiger partial charge in [-0.25, -0.2) is 4.98 Å². The van der Waals surface area contributed by atoms with E-state index in [0.29, 0.717) is 11.5 Å². The molecule has 0 saturated carbocycles. The molecule has 0 aliphatic heterocycles. The molecule has 0 unspecified atom stereocenters. The minimum atomic E-state index is 0.226. The van der Waals surface area contributed by atoms with Crippen molar-refractivity contribution in [1.82, 2.24) is 4.98 Å². The lowest BCUT2D eigenvalue weighted by atomic mass is 9.93. The summed E-state index contributed by atoms with van der Waals surface area (Å²) in [5.41, 5.74) is 2.65. The van der Waals surface area contributed by atoms with Gasteiger partial charge in [0.2, 0.25) is 0 Å². The van der Waals surface area contributed by atoms with Crippen molar-refractivity contribution in [2.75, 3.05) is 0 Å². The van der Waals surface area contributed by atoms with E-state index in [2.05, 4.69) is 18.0 Å². The van der Waals surface area contributed by atoms with Gasteiger partial charge in [-0.2, -0.15) is 5.26 Å². The molecule has 1 atom stereocenters. The number of benzene rings is 1. The first-order valence-corrected chi connectivity index (χ1v) is 7.87. The van der Waals surface area contributed by atoms with Crippen LogP contribution in [0.1, 0.15) is 34.5 Å².